The van der Waals surface area contributed by atoms with Gasteiger partial charge in [-0.15, -0.1) is 0 Å². The summed E-state index contributed by atoms with van der Waals surface area (Å²) in [5.74, 6) is -2.69. The molecule has 0 unspecified atom stereocenters. The standard InChI is InChI=1S/C22H19NO9/c1-30-13-4-2-12(3-5-13)8-18-21(27)15-7-6-14(9-17(15)32-18)31-11-19(24)23-16(22(28)29)10-20(25)26/h2-9,16H,10-11H2,1H3,(H,23,24)(H,25,26)(H,28,29)/b18-8-/t16-/m0/s1. The van der Waals surface area contributed by atoms with Gasteiger partial charge in [0.25, 0.3) is 5.91 Å². The molecule has 0 aromatic heterocycles. The Hall–Kier alpha value is -4.34. The third kappa shape index (κ3) is 5.42. The van der Waals surface area contributed by atoms with Crippen LogP contribution in [0.15, 0.2) is 48.2 Å². The van der Waals surface area contributed by atoms with Crippen LogP contribution in [0, 0.1) is 0 Å². The number of carboxylic acids is 2. The summed E-state index contributed by atoms with van der Waals surface area (Å²) in [6.45, 7) is -0.551. The molecule has 1 heterocycles. The van der Waals surface area contributed by atoms with E-state index in [1.165, 1.54) is 18.2 Å². The molecule has 0 bridgehead atoms. The van der Waals surface area contributed by atoms with E-state index in [1.807, 2.05) is 0 Å². The molecule has 166 valence electrons. The average Bonchev–Trinajstić information content (AvgIpc) is 3.06. The van der Waals surface area contributed by atoms with E-state index < -0.39 is 36.9 Å². The van der Waals surface area contributed by atoms with Crippen LogP contribution in [-0.4, -0.2) is 53.6 Å². The van der Waals surface area contributed by atoms with E-state index in [4.69, 9.17) is 24.4 Å². The number of hydrogen-bond donors (Lipinski definition) is 3. The van der Waals surface area contributed by atoms with Gasteiger partial charge in [0, 0.05) is 6.07 Å². The number of methoxy groups -OCH3 is 1. The minimum atomic E-state index is -1.57. The van der Waals surface area contributed by atoms with Crippen molar-refractivity contribution in [1.82, 2.24) is 5.32 Å². The SMILES string of the molecule is COc1ccc(/C=C2\Oc3cc(OCC(=O)N[C@@H](CC(=O)O)C(=O)O)ccc3C2=O)cc1. The van der Waals surface area contributed by atoms with Gasteiger partial charge in [0.2, 0.25) is 5.78 Å². The fourth-order valence-corrected chi connectivity index (χ4v) is 2.87. The van der Waals surface area contributed by atoms with Crippen molar-refractivity contribution in [3.8, 4) is 17.2 Å². The maximum absolute atomic E-state index is 12.5. The third-order valence-electron chi connectivity index (χ3n) is 4.44. The van der Waals surface area contributed by atoms with Crippen molar-refractivity contribution >= 4 is 29.7 Å². The Bertz CT molecular complexity index is 1090. The lowest BCUT2D eigenvalue weighted by Crippen LogP contribution is -2.44. The molecule has 0 saturated carbocycles. The topological polar surface area (TPSA) is 148 Å². The molecule has 0 aliphatic carbocycles. The van der Waals surface area contributed by atoms with E-state index in [2.05, 4.69) is 5.32 Å². The summed E-state index contributed by atoms with van der Waals surface area (Å²) >= 11 is 0. The summed E-state index contributed by atoms with van der Waals surface area (Å²) < 4.78 is 16.0. The van der Waals surface area contributed by atoms with Gasteiger partial charge in [-0.05, 0) is 35.9 Å². The summed E-state index contributed by atoms with van der Waals surface area (Å²) in [5.41, 5.74) is 1.07. The molecule has 2 aromatic rings. The average molecular weight is 441 g/mol. The number of carboxylic acid groups (broad SMARTS) is 2. The normalized spacial score (nSPS) is 14.3. The van der Waals surface area contributed by atoms with Crippen molar-refractivity contribution in [2.45, 2.75) is 12.5 Å². The van der Waals surface area contributed by atoms with Crippen LogP contribution in [0.1, 0.15) is 22.3 Å². The number of carbonyl (C=O) groups is 4. The number of amides is 1. The largest absolute Gasteiger partial charge is 0.497 e. The Balaban J connectivity index is 1.63. The van der Waals surface area contributed by atoms with E-state index in [9.17, 15) is 19.2 Å². The number of carbonyl (C=O) groups excluding carboxylic acids is 2. The van der Waals surface area contributed by atoms with Gasteiger partial charge in [-0.25, -0.2) is 4.79 Å². The van der Waals surface area contributed by atoms with E-state index in [-0.39, 0.29) is 23.0 Å². The van der Waals surface area contributed by atoms with Gasteiger partial charge in [-0.2, -0.15) is 0 Å². The number of ketones is 1. The Morgan fingerprint density at radius 2 is 1.78 bits per heavy atom. The highest BCUT2D eigenvalue weighted by molar-refractivity contribution is 6.14. The summed E-state index contributed by atoms with van der Waals surface area (Å²) in [4.78, 5) is 46.2. The molecule has 32 heavy (non-hydrogen) atoms. The fourth-order valence-electron chi connectivity index (χ4n) is 2.87. The van der Waals surface area contributed by atoms with Crippen molar-refractivity contribution in [3.05, 3.63) is 59.4 Å². The van der Waals surface area contributed by atoms with Gasteiger partial charge in [0.15, 0.2) is 12.4 Å². The number of hydrogen-bond acceptors (Lipinski definition) is 7. The molecule has 0 fully saturated rings. The quantitative estimate of drug-likeness (QED) is 0.495. The number of fused-ring (bicyclic) bond motifs is 1. The highest BCUT2D eigenvalue weighted by atomic mass is 16.5. The first kappa shape index (κ1) is 22.3. The first-order valence-electron chi connectivity index (χ1n) is 9.36. The third-order valence-corrected chi connectivity index (χ3v) is 4.44. The van der Waals surface area contributed by atoms with Crippen LogP contribution in [0.5, 0.6) is 17.2 Å². The van der Waals surface area contributed by atoms with Crippen molar-refractivity contribution in [2.24, 2.45) is 0 Å². The molecule has 1 amide bonds. The van der Waals surface area contributed by atoms with E-state index >= 15 is 0 Å². The van der Waals surface area contributed by atoms with Gasteiger partial charge in [-0.3, -0.25) is 14.4 Å². The molecule has 0 saturated heterocycles. The molecule has 0 radical (unpaired) electrons. The highest BCUT2D eigenvalue weighted by Crippen LogP contribution is 2.35. The molecule has 3 N–H and O–H groups in total. The molecule has 1 atom stereocenters. The molecule has 10 nitrogen and oxygen atoms in total. The first-order chi connectivity index (χ1) is 15.3. The van der Waals surface area contributed by atoms with Crippen molar-refractivity contribution in [3.63, 3.8) is 0 Å². The number of Topliss-reactive ketones (excluding diaryl/α,β-unsaturated/α-hetero) is 1. The van der Waals surface area contributed by atoms with Crippen molar-refractivity contribution in [1.29, 1.82) is 0 Å². The minimum absolute atomic E-state index is 0.123. The maximum Gasteiger partial charge on any atom is 0.326 e. The van der Waals surface area contributed by atoms with Gasteiger partial charge in [0.1, 0.15) is 23.3 Å². The molecule has 1 aliphatic rings. The van der Waals surface area contributed by atoms with Gasteiger partial charge in [-0.1, -0.05) is 12.1 Å². The monoisotopic (exact) mass is 441 g/mol. The lowest BCUT2D eigenvalue weighted by atomic mass is 10.1. The highest BCUT2D eigenvalue weighted by Gasteiger charge is 2.28. The zero-order chi connectivity index (χ0) is 23.3. The van der Waals surface area contributed by atoms with E-state index in [0.717, 1.165) is 5.56 Å². The van der Waals surface area contributed by atoms with Crippen LogP contribution in [0.25, 0.3) is 6.08 Å². The molecule has 10 heteroatoms. The second-order valence-electron chi connectivity index (χ2n) is 6.72. The van der Waals surface area contributed by atoms with Crippen LogP contribution in [0.3, 0.4) is 0 Å². The summed E-state index contributed by atoms with van der Waals surface area (Å²) in [5, 5.41) is 19.7. The molecule has 2 aromatic carbocycles. The van der Waals surface area contributed by atoms with Gasteiger partial charge in [0.05, 0.1) is 19.1 Å². The number of ether oxygens (including phenoxy) is 3. The lowest BCUT2D eigenvalue weighted by molar-refractivity contribution is -0.147. The van der Waals surface area contributed by atoms with Crippen molar-refractivity contribution in [2.75, 3.05) is 13.7 Å². The lowest BCUT2D eigenvalue weighted by Gasteiger charge is -2.13. The fraction of sp³-hybridized carbons (Fsp3) is 0.182. The molecule has 0 spiro atoms. The Labute approximate surface area is 182 Å². The summed E-state index contributed by atoms with van der Waals surface area (Å²) in [7, 11) is 1.55. The summed E-state index contributed by atoms with van der Waals surface area (Å²) in [6.07, 6.45) is 0.823. The molecule has 3 rings (SSSR count). The van der Waals surface area contributed by atoms with Crippen LogP contribution < -0.4 is 19.5 Å². The minimum Gasteiger partial charge on any atom is -0.497 e. The predicted molar refractivity (Wildman–Crippen MR) is 110 cm³/mol. The molecule has 1 aliphatic heterocycles. The maximum atomic E-state index is 12.5. The van der Waals surface area contributed by atoms with Crippen LogP contribution in [-0.2, 0) is 14.4 Å². The second-order valence-corrected chi connectivity index (χ2v) is 6.72. The zero-order valence-electron chi connectivity index (χ0n) is 16.9. The number of nitrogens with one attached hydrogen (secondary N) is 1. The second kappa shape index (κ2) is 9.65. The molecular weight excluding hydrogens is 422 g/mol. The van der Waals surface area contributed by atoms with Gasteiger partial charge < -0.3 is 29.7 Å². The van der Waals surface area contributed by atoms with E-state index in [0.29, 0.717) is 11.3 Å². The van der Waals surface area contributed by atoms with Gasteiger partial charge >= 0.3 is 11.9 Å². The predicted octanol–water partition coefficient (Wildman–Crippen LogP) is 1.73. The number of rotatable bonds is 9. The zero-order valence-corrected chi connectivity index (χ0v) is 16.9. The number of benzene rings is 2. The van der Waals surface area contributed by atoms with Crippen LogP contribution in [0.2, 0.25) is 0 Å². The number of aliphatic carboxylic acids is 2. The molecular formula is C22H19NO9. The van der Waals surface area contributed by atoms with Crippen LogP contribution >= 0.6 is 0 Å². The smallest absolute Gasteiger partial charge is 0.326 e. The van der Waals surface area contributed by atoms with Crippen molar-refractivity contribution < 1.29 is 43.6 Å². The Morgan fingerprint density at radius 1 is 1.09 bits per heavy atom. The van der Waals surface area contributed by atoms with E-state index in [1.54, 1.807) is 37.5 Å². The summed E-state index contributed by atoms with van der Waals surface area (Å²) in [6, 6.07) is 9.86. The first-order valence-corrected chi connectivity index (χ1v) is 9.36. The number of allylic oxidation sites excluding steroid dienone is 1. The Morgan fingerprint density at radius 3 is 2.41 bits per heavy atom. The Kier molecular flexibility index (Phi) is 6.74. The van der Waals surface area contributed by atoms with Crippen LogP contribution in [0.4, 0.5) is 0 Å².